The molecule has 1 aromatic heterocycles. The second-order valence-corrected chi connectivity index (χ2v) is 5.65. The number of hydrogen-bond donors (Lipinski definition) is 0. The Hall–Kier alpha value is -1.60. The molecule has 90 valence electrons. The van der Waals surface area contributed by atoms with Crippen LogP contribution in [-0.2, 0) is 12.8 Å². The third-order valence-corrected chi connectivity index (χ3v) is 4.41. The Labute approximate surface area is 112 Å². The van der Waals surface area contributed by atoms with E-state index < -0.39 is 0 Å². The molecule has 3 aromatic rings. The number of aryl methyl sites for hydroxylation is 3. The predicted molar refractivity (Wildman–Crippen MR) is 80.4 cm³/mol. The van der Waals surface area contributed by atoms with Crippen molar-refractivity contribution in [3.05, 3.63) is 70.6 Å². The van der Waals surface area contributed by atoms with Crippen molar-refractivity contribution in [2.75, 3.05) is 0 Å². The molecule has 1 heterocycles. The van der Waals surface area contributed by atoms with Crippen molar-refractivity contribution in [3.63, 3.8) is 0 Å². The van der Waals surface area contributed by atoms with Gasteiger partial charge in [-0.1, -0.05) is 42.5 Å². The highest BCUT2D eigenvalue weighted by Gasteiger charge is 2.02. The van der Waals surface area contributed by atoms with Gasteiger partial charge in [0.15, 0.2) is 0 Å². The molecule has 0 nitrogen and oxygen atoms in total. The van der Waals surface area contributed by atoms with Crippen molar-refractivity contribution in [2.24, 2.45) is 0 Å². The van der Waals surface area contributed by atoms with Crippen LogP contribution in [0.2, 0.25) is 0 Å². The number of rotatable bonds is 3. The average Bonchev–Trinajstić information content (AvgIpc) is 2.86. The fraction of sp³-hybridized carbons (Fsp3) is 0.176. The average molecular weight is 252 g/mol. The molecule has 0 unspecified atom stereocenters. The molecule has 0 atom stereocenters. The highest BCUT2D eigenvalue weighted by molar-refractivity contribution is 7.17. The zero-order chi connectivity index (χ0) is 12.4. The first-order valence-corrected chi connectivity index (χ1v) is 7.21. The lowest BCUT2D eigenvalue weighted by Gasteiger charge is -2.05. The highest BCUT2D eigenvalue weighted by Crippen LogP contribution is 2.26. The van der Waals surface area contributed by atoms with Crippen LogP contribution in [0.5, 0.6) is 0 Å². The van der Waals surface area contributed by atoms with Gasteiger partial charge in [0.25, 0.3) is 0 Å². The number of thiophene rings is 1. The molecule has 0 saturated carbocycles. The molecule has 0 spiro atoms. The number of fused-ring (bicyclic) bond motifs is 1. The molecule has 0 aliphatic rings. The summed E-state index contributed by atoms with van der Waals surface area (Å²) in [7, 11) is 0. The first-order chi connectivity index (χ1) is 8.83. The Balaban J connectivity index is 1.82. The van der Waals surface area contributed by atoms with Gasteiger partial charge in [0.05, 0.1) is 0 Å². The third-order valence-electron chi connectivity index (χ3n) is 3.34. The minimum atomic E-state index is 1.12. The SMILES string of the molecule is Cc1cc(CCc2ccccc2)cc2ccsc12. The van der Waals surface area contributed by atoms with Crippen LogP contribution in [0, 0.1) is 6.92 Å². The molecule has 0 fully saturated rings. The molecule has 0 aliphatic carbocycles. The number of hydrogen-bond acceptors (Lipinski definition) is 1. The predicted octanol–water partition coefficient (Wildman–Crippen LogP) is 4.99. The van der Waals surface area contributed by atoms with Crippen molar-refractivity contribution in [1.29, 1.82) is 0 Å². The second-order valence-electron chi connectivity index (χ2n) is 4.74. The van der Waals surface area contributed by atoms with Crippen molar-refractivity contribution in [3.8, 4) is 0 Å². The van der Waals surface area contributed by atoms with E-state index in [0.717, 1.165) is 12.8 Å². The highest BCUT2D eigenvalue weighted by atomic mass is 32.1. The van der Waals surface area contributed by atoms with Crippen molar-refractivity contribution >= 4 is 21.4 Å². The van der Waals surface area contributed by atoms with Gasteiger partial charge in [0.2, 0.25) is 0 Å². The van der Waals surface area contributed by atoms with Crippen LogP contribution in [0.4, 0.5) is 0 Å². The van der Waals surface area contributed by atoms with E-state index in [1.54, 1.807) is 0 Å². The first-order valence-electron chi connectivity index (χ1n) is 6.33. The molecule has 0 radical (unpaired) electrons. The normalized spacial score (nSPS) is 10.9. The zero-order valence-corrected chi connectivity index (χ0v) is 11.3. The molecular formula is C17H16S. The van der Waals surface area contributed by atoms with Gasteiger partial charge in [-0.25, -0.2) is 0 Å². The summed E-state index contributed by atoms with van der Waals surface area (Å²) in [6.45, 7) is 2.21. The van der Waals surface area contributed by atoms with Gasteiger partial charge in [0.1, 0.15) is 0 Å². The second kappa shape index (κ2) is 4.95. The van der Waals surface area contributed by atoms with Crippen molar-refractivity contribution < 1.29 is 0 Å². The van der Waals surface area contributed by atoms with Gasteiger partial charge in [-0.2, -0.15) is 0 Å². The van der Waals surface area contributed by atoms with Gasteiger partial charge in [-0.05, 0) is 53.3 Å². The quantitative estimate of drug-likeness (QED) is 0.615. The smallest absolute Gasteiger partial charge is 0.0372 e. The van der Waals surface area contributed by atoms with E-state index in [0.29, 0.717) is 0 Å². The largest absolute Gasteiger partial charge is 0.144 e. The Morgan fingerprint density at radius 3 is 2.50 bits per heavy atom. The Morgan fingerprint density at radius 1 is 0.889 bits per heavy atom. The Bertz CT molecular complexity index is 650. The van der Waals surface area contributed by atoms with E-state index in [9.17, 15) is 0 Å². The lowest BCUT2D eigenvalue weighted by Crippen LogP contribution is -1.91. The van der Waals surface area contributed by atoms with Crippen LogP contribution >= 0.6 is 11.3 Å². The molecule has 0 amide bonds. The molecular weight excluding hydrogens is 236 g/mol. The maximum absolute atomic E-state index is 2.34. The Morgan fingerprint density at radius 2 is 1.67 bits per heavy atom. The van der Waals surface area contributed by atoms with E-state index in [2.05, 4.69) is 60.8 Å². The lowest BCUT2D eigenvalue weighted by atomic mass is 10.0. The summed E-state index contributed by atoms with van der Waals surface area (Å²) in [4.78, 5) is 0. The van der Waals surface area contributed by atoms with Gasteiger partial charge >= 0.3 is 0 Å². The minimum Gasteiger partial charge on any atom is -0.144 e. The molecule has 0 aliphatic heterocycles. The maximum Gasteiger partial charge on any atom is 0.0372 e. The fourth-order valence-electron chi connectivity index (χ4n) is 2.42. The summed E-state index contributed by atoms with van der Waals surface area (Å²) in [5, 5.41) is 3.57. The van der Waals surface area contributed by atoms with E-state index in [-0.39, 0.29) is 0 Å². The molecule has 0 bridgehead atoms. The molecule has 0 N–H and O–H groups in total. The van der Waals surface area contributed by atoms with E-state index in [1.807, 2.05) is 11.3 Å². The standard InChI is InChI=1S/C17H16S/c1-13-11-15(12-16-9-10-18-17(13)16)8-7-14-5-3-2-4-6-14/h2-6,9-12H,7-8H2,1H3. The van der Waals surface area contributed by atoms with Gasteiger partial charge < -0.3 is 0 Å². The van der Waals surface area contributed by atoms with Crippen molar-refractivity contribution in [1.82, 2.24) is 0 Å². The molecule has 18 heavy (non-hydrogen) atoms. The van der Waals surface area contributed by atoms with Crippen LogP contribution in [-0.4, -0.2) is 0 Å². The first kappa shape index (κ1) is 11.5. The summed E-state index contributed by atoms with van der Waals surface area (Å²) < 4.78 is 1.43. The monoisotopic (exact) mass is 252 g/mol. The van der Waals surface area contributed by atoms with E-state index in [1.165, 1.54) is 26.8 Å². The van der Waals surface area contributed by atoms with E-state index in [4.69, 9.17) is 0 Å². The summed E-state index contributed by atoms with van der Waals surface area (Å²) in [5.41, 5.74) is 4.27. The fourth-order valence-corrected chi connectivity index (χ4v) is 3.27. The lowest BCUT2D eigenvalue weighted by molar-refractivity contribution is 0.961. The van der Waals surface area contributed by atoms with Crippen molar-refractivity contribution in [2.45, 2.75) is 19.8 Å². The van der Waals surface area contributed by atoms with Gasteiger partial charge in [-0.15, -0.1) is 11.3 Å². The van der Waals surface area contributed by atoms with Crippen LogP contribution in [0.1, 0.15) is 16.7 Å². The summed E-state index contributed by atoms with van der Waals surface area (Å²) in [5.74, 6) is 0. The van der Waals surface area contributed by atoms with E-state index >= 15 is 0 Å². The molecule has 3 rings (SSSR count). The van der Waals surface area contributed by atoms with Gasteiger partial charge in [0, 0.05) is 4.70 Å². The summed E-state index contributed by atoms with van der Waals surface area (Å²) in [6.07, 6.45) is 2.24. The zero-order valence-electron chi connectivity index (χ0n) is 10.5. The van der Waals surface area contributed by atoms with Crippen LogP contribution in [0.25, 0.3) is 10.1 Å². The summed E-state index contributed by atoms with van der Waals surface area (Å²) >= 11 is 1.84. The minimum absolute atomic E-state index is 1.12. The third kappa shape index (κ3) is 2.32. The maximum atomic E-state index is 2.34. The van der Waals surface area contributed by atoms with Crippen LogP contribution in [0.3, 0.4) is 0 Å². The molecule has 1 heteroatoms. The van der Waals surface area contributed by atoms with Crippen LogP contribution < -0.4 is 0 Å². The summed E-state index contributed by atoms with van der Waals surface area (Å²) in [6, 6.07) is 17.6. The van der Waals surface area contributed by atoms with Gasteiger partial charge in [-0.3, -0.25) is 0 Å². The molecule has 2 aromatic carbocycles. The van der Waals surface area contributed by atoms with Crippen LogP contribution in [0.15, 0.2) is 53.9 Å². The topological polar surface area (TPSA) is 0 Å². The number of benzene rings is 2. The molecule has 0 saturated heterocycles. The Kier molecular flexibility index (Phi) is 3.16.